The zero-order valence-electron chi connectivity index (χ0n) is 18.1. The number of fused-ring (bicyclic) bond motifs is 6. The summed E-state index contributed by atoms with van der Waals surface area (Å²) in [5.74, 6) is 2.21. The molecule has 9 heteroatoms. The van der Waals surface area contributed by atoms with E-state index >= 15 is 0 Å². The molecular weight excluding hydrogens is 492 g/mol. The summed E-state index contributed by atoms with van der Waals surface area (Å²) in [5, 5.41) is 14.3. The standard InChI is InChI=1S/C25H23ClN2O4S2/c26-14-3-8-18(32-11-19(30)27-15-4-6-16(29)7-5-15)17(10-14)21-20-12-1-2-13(9-12)22(20)33-24-23(21)34-25(31)28-24/h3-8,10,12-13,20-22,29H,1-2,9,11H2,(H,27,30)(H,28,31)/t12?,13?,20?,21-,22?/m1/s1. The molecule has 3 aromatic rings. The molecule has 0 saturated heterocycles. The van der Waals surface area contributed by atoms with Gasteiger partial charge in [-0.1, -0.05) is 22.9 Å². The zero-order valence-corrected chi connectivity index (χ0v) is 20.5. The Kier molecular flexibility index (Phi) is 5.62. The first-order valence-electron chi connectivity index (χ1n) is 11.4. The van der Waals surface area contributed by atoms with Gasteiger partial charge in [-0.2, -0.15) is 0 Å². The van der Waals surface area contributed by atoms with Crippen LogP contribution in [0.25, 0.3) is 0 Å². The molecular formula is C25H23ClN2O4S2. The first kappa shape index (κ1) is 22.1. The summed E-state index contributed by atoms with van der Waals surface area (Å²) in [5.41, 5.74) is 1.53. The van der Waals surface area contributed by atoms with E-state index in [1.54, 1.807) is 18.2 Å². The predicted octanol–water partition coefficient (Wildman–Crippen LogP) is 5.47. The number of aromatic hydroxyl groups is 1. The van der Waals surface area contributed by atoms with Crippen molar-refractivity contribution < 1.29 is 14.6 Å². The maximum absolute atomic E-state index is 12.5. The molecule has 34 heavy (non-hydrogen) atoms. The van der Waals surface area contributed by atoms with Crippen LogP contribution < -0.4 is 14.9 Å². The Hall–Kier alpha value is -2.42. The number of rotatable bonds is 5. The highest BCUT2D eigenvalue weighted by Crippen LogP contribution is 2.64. The summed E-state index contributed by atoms with van der Waals surface area (Å²) in [6, 6.07) is 11.8. The second-order valence-corrected chi connectivity index (χ2v) is 11.9. The number of carbonyl (C=O) groups is 1. The number of thioether (sulfide) groups is 1. The SMILES string of the molecule is O=C(COc1ccc(Cl)cc1[C@H]1c2sc(=O)[nH]c2SC2C3CCC(C3)C21)Nc1ccc(O)cc1. The normalized spacial score (nSPS) is 26.7. The molecule has 1 aliphatic heterocycles. The molecule has 2 saturated carbocycles. The van der Waals surface area contributed by atoms with Gasteiger partial charge in [0.2, 0.25) is 0 Å². The van der Waals surface area contributed by atoms with Crippen molar-refractivity contribution in [3.05, 3.63) is 67.6 Å². The second kappa shape index (κ2) is 8.66. The van der Waals surface area contributed by atoms with Crippen LogP contribution in [0.1, 0.15) is 35.6 Å². The van der Waals surface area contributed by atoms with Gasteiger partial charge in [0.15, 0.2) is 6.61 Å². The smallest absolute Gasteiger partial charge is 0.305 e. The summed E-state index contributed by atoms with van der Waals surface area (Å²) in [7, 11) is 0. The number of carbonyl (C=O) groups excluding carboxylic acids is 1. The molecule has 3 N–H and O–H groups in total. The largest absolute Gasteiger partial charge is 0.508 e. The van der Waals surface area contributed by atoms with E-state index in [1.165, 1.54) is 42.7 Å². The summed E-state index contributed by atoms with van der Waals surface area (Å²) in [6.45, 7) is -0.159. The Bertz CT molecular complexity index is 1300. The molecule has 4 unspecified atom stereocenters. The van der Waals surface area contributed by atoms with Gasteiger partial charge in [-0.15, -0.1) is 11.8 Å². The van der Waals surface area contributed by atoms with E-state index in [1.807, 2.05) is 23.9 Å². The Morgan fingerprint density at radius 1 is 1.18 bits per heavy atom. The minimum absolute atomic E-state index is 0.0226. The third-order valence-electron chi connectivity index (χ3n) is 7.28. The molecule has 1 aromatic heterocycles. The lowest BCUT2D eigenvalue weighted by Crippen LogP contribution is -2.34. The first-order valence-corrected chi connectivity index (χ1v) is 13.4. The molecule has 2 aliphatic carbocycles. The van der Waals surface area contributed by atoms with Gasteiger partial charge < -0.3 is 20.1 Å². The molecule has 0 spiro atoms. The average molecular weight is 515 g/mol. The van der Waals surface area contributed by atoms with Crippen molar-refractivity contribution in [2.45, 2.75) is 35.5 Å². The number of benzene rings is 2. The van der Waals surface area contributed by atoms with E-state index < -0.39 is 0 Å². The number of aromatic amines is 1. The van der Waals surface area contributed by atoms with Crippen LogP contribution in [-0.2, 0) is 4.79 Å². The van der Waals surface area contributed by atoms with E-state index in [-0.39, 0.29) is 29.1 Å². The highest BCUT2D eigenvalue weighted by atomic mass is 35.5. The molecule has 0 radical (unpaired) electrons. The van der Waals surface area contributed by atoms with Crippen LogP contribution in [0.15, 0.2) is 52.3 Å². The number of H-pyrrole nitrogens is 1. The van der Waals surface area contributed by atoms with Gasteiger partial charge in [0.05, 0.1) is 5.03 Å². The number of ether oxygens (including phenoxy) is 1. The van der Waals surface area contributed by atoms with Crippen molar-refractivity contribution in [2.24, 2.45) is 17.8 Å². The van der Waals surface area contributed by atoms with Crippen molar-refractivity contribution in [3.63, 3.8) is 0 Å². The van der Waals surface area contributed by atoms with Crippen molar-refractivity contribution >= 4 is 46.3 Å². The number of phenols is 1. The summed E-state index contributed by atoms with van der Waals surface area (Å²) in [4.78, 5) is 28.9. The van der Waals surface area contributed by atoms with E-state index in [9.17, 15) is 14.7 Å². The number of phenolic OH excluding ortho intramolecular Hbond substituents is 1. The summed E-state index contributed by atoms with van der Waals surface area (Å²) in [6.07, 6.45) is 3.72. The van der Waals surface area contributed by atoms with Crippen LogP contribution in [0.3, 0.4) is 0 Å². The van der Waals surface area contributed by atoms with Crippen LogP contribution in [0.4, 0.5) is 5.69 Å². The number of anilines is 1. The fourth-order valence-corrected chi connectivity index (χ4v) is 9.04. The van der Waals surface area contributed by atoms with Gasteiger partial charge in [0.25, 0.3) is 5.91 Å². The Balaban J connectivity index is 1.30. The summed E-state index contributed by atoms with van der Waals surface area (Å²) < 4.78 is 6.04. The molecule has 2 aromatic carbocycles. The molecule has 6 nitrogen and oxygen atoms in total. The number of halogens is 1. The number of hydrogen-bond acceptors (Lipinski definition) is 6. The van der Waals surface area contributed by atoms with Gasteiger partial charge in [-0.05, 0) is 79.5 Å². The van der Waals surface area contributed by atoms with Crippen LogP contribution >= 0.6 is 34.7 Å². The number of amides is 1. The third-order valence-corrected chi connectivity index (χ3v) is 10.1. The van der Waals surface area contributed by atoms with E-state index in [2.05, 4.69) is 10.3 Å². The highest BCUT2D eigenvalue weighted by Gasteiger charge is 2.55. The van der Waals surface area contributed by atoms with Crippen molar-refractivity contribution in [1.29, 1.82) is 0 Å². The van der Waals surface area contributed by atoms with Crippen molar-refractivity contribution in [3.8, 4) is 11.5 Å². The van der Waals surface area contributed by atoms with E-state index in [0.717, 1.165) is 15.5 Å². The topological polar surface area (TPSA) is 91.4 Å². The fraction of sp³-hybridized carbons (Fsp3) is 0.360. The minimum Gasteiger partial charge on any atom is -0.508 e. The van der Waals surface area contributed by atoms with Gasteiger partial charge >= 0.3 is 4.87 Å². The molecule has 5 atom stereocenters. The van der Waals surface area contributed by atoms with Crippen LogP contribution in [0, 0.1) is 17.8 Å². The molecule has 2 heterocycles. The van der Waals surface area contributed by atoms with E-state index in [4.69, 9.17) is 16.3 Å². The number of aromatic nitrogens is 1. The molecule has 2 fully saturated rings. The lowest BCUT2D eigenvalue weighted by atomic mass is 9.74. The molecule has 3 aliphatic rings. The third kappa shape index (κ3) is 3.91. The molecule has 6 rings (SSSR count). The van der Waals surface area contributed by atoms with Crippen LogP contribution in [-0.4, -0.2) is 27.9 Å². The van der Waals surface area contributed by atoms with Gasteiger partial charge in [0, 0.05) is 32.3 Å². The lowest BCUT2D eigenvalue weighted by Gasteiger charge is -2.40. The Morgan fingerprint density at radius 3 is 2.79 bits per heavy atom. The van der Waals surface area contributed by atoms with Gasteiger partial charge in [-0.3, -0.25) is 9.59 Å². The quantitative estimate of drug-likeness (QED) is 0.393. The zero-order chi connectivity index (χ0) is 23.4. The average Bonchev–Trinajstić information content (AvgIpc) is 3.52. The maximum Gasteiger partial charge on any atom is 0.305 e. The molecule has 1 amide bonds. The van der Waals surface area contributed by atoms with Crippen molar-refractivity contribution in [1.82, 2.24) is 4.98 Å². The van der Waals surface area contributed by atoms with E-state index in [0.29, 0.717) is 39.5 Å². The highest BCUT2D eigenvalue weighted by molar-refractivity contribution is 8.00. The maximum atomic E-state index is 12.5. The minimum atomic E-state index is -0.296. The monoisotopic (exact) mass is 514 g/mol. The first-order chi connectivity index (χ1) is 16.5. The van der Waals surface area contributed by atoms with Crippen LogP contribution in [0.2, 0.25) is 5.02 Å². The van der Waals surface area contributed by atoms with Crippen molar-refractivity contribution in [2.75, 3.05) is 11.9 Å². The Labute approximate surface area is 209 Å². The van der Waals surface area contributed by atoms with Gasteiger partial charge in [-0.25, -0.2) is 0 Å². The summed E-state index contributed by atoms with van der Waals surface area (Å²) >= 11 is 9.57. The Morgan fingerprint density at radius 2 is 1.97 bits per heavy atom. The molecule has 176 valence electrons. The second-order valence-electron chi connectivity index (χ2n) is 9.24. The lowest BCUT2D eigenvalue weighted by molar-refractivity contribution is -0.118. The number of thiazole rings is 1. The van der Waals surface area contributed by atoms with Gasteiger partial charge in [0.1, 0.15) is 11.5 Å². The number of nitrogens with one attached hydrogen (secondary N) is 2. The fourth-order valence-electron chi connectivity index (χ4n) is 5.98. The predicted molar refractivity (Wildman–Crippen MR) is 134 cm³/mol. The van der Waals surface area contributed by atoms with Crippen LogP contribution in [0.5, 0.6) is 11.5 Å². The molecule has 2 bridgehead atoms. The number of hydrogen-bond donors (Lipinski definition) is 3.